The second-order valence-electron chi connectivity index (χ2n) is 16.3. The number of rotatable bonds is 18. The van der Waals surface area contributed by atoms with Crippen LogP contribution >= 0.6 is 0 Å². The number of methoxy groups -OCH3 is 1. The minimum Gasteiger partial charge on any atom is -0.495 e. The van der Waals surface area contributed by atoms with E-state index in [1.54, 1.807) is 42.3 Å². The Balaban J connectivity index is 1.11. The molecule has 5 rings (SSSR count). The van der Waals surface area contributed by atoms with Gasteiger partial charge in [-0.1, -0.05) is 19.8 Å². The molecule has 1 aliphatic carbocycles. The molecule has 1 aromatic heterocycles. The molecule has 3 aliphatic rings. The van der Waals surface area contributed by atoms with E-state index in [1.165, 1.54) is 0 Å². The van der Waals surface area contributed by atoms with Crippen LogP contribution in [0.25, 0.3) is 0 Å². The van der Waals surface area contributed by atoms with Gasteiger partial charge >= 0.3 is 6.09 Å². The summed E-state index contributed by atoms with van der Waals surface area (Å²) in [6, 6.07) is 5.39. The standard InChI is InChI=1S/C43H64N8O6/c1-8-10-13-27-56-28-15-24-50(42(54)57-43(3,4)5)23-14-22-49-25-20-32(21-26-49)45-39(52)31-18-19-34(37(29-31)55-7)46-41-44-30-36-38(47-41)51(33-16-11-12-17-33)35(9-2)40(53)48(36)6/h1,18-19,29-30,32-33,35H,9-17,20-28H2,2-7H3,(H,45,52)(H,44,46,47)/t35-/m1/s1. The van der Waals surface area contributed by atoms with E-state index in [-0.39, 0.29) is 36.0 Å². The van der Waals surface area contributed by atoms with E-state index in [0.717, 1.165) is 83.2 Å². The molecular formula is C43H64N8O6. The maximum absolute atomic E-state index is 13.4. The van der Waals surface area contributed by atoms with Crippen molar-refractivity contribution in [1.29, 1.82) is 0 Å². The molecule has 3 heterocycles. The van der Waals surface area contributed by atoms with Crippen LogP contribution in [0.4, 0.5) is 27.9 Å². The first-order valence-electron chi connectivity index (χ1n) is 20.8. The number of likely N-dealkylation sites (N-methyl/N-ethyl adjacent to an activating group) is 1. The predicted octanol–water partition coefficient (Wildman–Crippen LogP) is 6.37. The zero-order valence-electron chi connectivity index (χ0n) is 35.0. The van der Waals surface area contributed by atoms with Crippen molar-refractivity contribution < 1.29 is 28.6 Å². The van der Waals surface area contributed by atoms with E-state index in [2.05, 4.69) is 31.3 Å². The number of ether oxygens (including phenoxy) is 3. The quantitative estimate of drug-likeness (QED) is 0.129. The molecule has 2 aliphatic heterocycles. The van der Waals surface area contributed by atoms with Crippen LogP contribution in [0.15, 0.2) is 24.4 Å². The first-order valence-corrected chi connectivity index (χ1v) is 20.8. The molecule has 2 fully saturated rings. The number of aromatic nitrogens is 2. The number of unbranched alkanes of at least 4 members (excludes halogenated alkanes) is 1. The molecule has 0 unspecified atom stereocenters. The van der Waals surface area contributed by atoms with Crippen molar-refractivity contribution in [2.45, 2.75) is 122 Å². The van der Waals surface area contributed by atoms with E-state index in [9.17, 15) is 14.4 Å². The SMILES string of the molecule is C#CCCCOCCCN(CCCN1CCC(NC(=O)c2ccc(Nc3ncc4c(n3)N(C3CCCC3)[C@H](CC)C(=O)N4C)c(OC)c2)CC1)C(=O)OC(C)(C)C. The van der Waals surface area contributed by atoms with Crippen molar-refractivity contribution in [1.82, 2.24) is 25.1 Å². The average Bonchev–Trinajstić information content (AvgIpc) is 3.73. The van der Waals surface area contributed by atoms with Crippen molar-refractivity contribution in [3.63, 3.8) is 0 Å². The minimum atomic E-state index is -0.563. The molecule has 2 N–H and O–H groups in total. The fourth-order valence-electron chi connectivity index (χ4n) is 7.91. The minimum absolute atomic E-state index is 0.0557. The van der Waals surface area contributed by atoms with Gasteiger partial charge in [-0.25, -0.2) is 9.78 Å². The highest BCUT2D eigenvalue weighted by Gasteiger charge is 2.41. The summed E-state index contributed by atoms with van der Waals surface area (Å²) in [6.07, 6.45) is 16.6. The third kappa shape index (κ3) is 12.0. The van der Waals surface area contributed by atoms with Crippen LogP contribution in [-0.4, -0.2) is 121 Å². The zero-order chi connectivity index (χ0) is 41.0. The molecule has 3 amide bonds. The maximum atomic E-state index is 13.4. The number of nitrogens with one attached hydrogen (secondary N) is 2. The number of hydrogen-bond donors (Lipinski definition) is 2. The molecule has 1 saturated carbocycles. The van der Waals surface area contributed by atoms with Crippen molar-refractivity contribution in [3.05, 3.63) is 30.0 Å². The van der Waals surface area contributed by atoms with E-state index in [1.807, 2.05) is 33.8 Å². The summed E-state index contributed by atoms with van der Waals surface area (Å²) in [6.45, 7) is 12.6. The van der Waals surface area contributed by atoms with Crippen LogP contribution in [-0.2, 0) is 14.3 Å². The van der Waals surface area contributed by atoms with Gasteiger partial charge in [0.15, 0.2) is 5.82 Å². The highest BCUT2D eigenvalue weighted by molar-refractivity contribution is 6.04. The van der Waals surface area contributed by atoms with E-state index >= 15 is 0 Å². The average molecular weight is 789 g/mol. The van der Waals surface area contributed by atoms with Crippen molar-refractivity contribution in [2.24, 2.45) is 0 Å². The van der Waals surface area contributed by atoms with Gasteiger partial charge < -0.3 is 44.4 Å². The molecular weight excluding hydrogens is 725 g/mol. The molecule has 14 nitrogen and oxygen atoms in total. The van der Waals surface area contributed by atoms with Crippen LogP contribution in [0.5, 0.6) is 5.75 Å². The van der Waals surface area contributed by atoms with Gasteiger partial charge in [0.25, 0.3) is 5.91 Å². The number of terminal acetylenes is 1. The lowest BCUT2D eigenvalue weighted by molar-refractivity contribution is -0.120. The maximum Gasteiger partial charge on any atom is 0.410 e. The second-order valence-corrected chi connectivity index (χ2v) is 16.3. The highest BCUT2D eigenvalue weighted by Crippen LogP contribution is 2.40. The van der Waals surface area contributed by atoms with Gasteiger partial charge in [-0.15, -0.1) is 12.3 Å². The number of carbonyl (C=O) groups excluding carboxylic acids is 3. The number of fused-ring (bicyclic) bond motifs is 1. The smallest absolute Gasteiger partial charge is 0.410 e. The summed E-state index contributed by atoms with van der Waals surface area (Å²) in [5.41, 5.74) is 1.28. The molecule has 0 radical (unpaired) electrons. The number of likely N-dealkylation sites (tertiary alicyclic amines) is 1. The lowest BCUT2D eigenvalue weighted by Crippen LogP contribution is -2.55. The first kappa shape index (κ1) is 43.5. The summed E-state index contributed by atoms with van der Waals surface area (Å²) in [5.74, 6) is 4.20. The third-order valence-electron chi connectivity index (χ3n) is 10.9. The van der Waals surface area contributed by atoms with Crippen LogP contribution in [0.1, 0.15) is 109 Å². The molecule has 1 saturated heterocycles. The van der Waals surface area contributed by atoms with Gasteiger partial charge in [-0.2, -0.15) is 4.98 Å². The van der Waals surface area contributed by atoms with Crippen LogP contribution in [0, 0.1) is 12.3 Å². The van der Waals surface area contributed by atoms with Crippen LogP contribution in [0.2, 0.25) is 0 Å². The largest absolute Gasteiger partial charge is 0.495 e. The summed E-state index contributed by atoms with van der Waals surface area (Å²) in [7, 11) is 3.36. The highest BCUT2D eigenvalue weighted by atomic mass is 16.6. The predicted molar refractivity (Wildman–Crippen MR) is 223 cm³/mol. The summed E-state index contributed by atoms with van der Waals surface area (Å²) in [5, 5.41) is 6.52. The van der Waals surface area contributed by atoms with Crippen molar-refractivity contribution in [2.75, 3.05) is 75.2 Å². The lowest BCUT2D eigenvalue weighted by atomic mass is 10.0. The van der Waals surface area contributed by atoms with Crippen molar-refractivity contribution >= 4 is 41.0 Å². The van der Waals surface area contributed by atoms with E-state index < -0.39 is 5.60 Å². The van der Waals surface area contributed by atoms with Crippen LogP contribution in [0.3, 0.4) is 0 Å². The van der Waals surface area contributed by atoms with Crippen molar-refractivity contribution in [3.8, 4) is 18.1 Å². The molecule has 1 atom stereocenters. The normalized spacial score (nSPS) is 17.9. The fraction of sp³-hybridized carbons (Fsp3) is 0.651. The Hall–Kier alpha value is -4.61. The van der Waals surface area contributed by atoms with Gasteiger partial charge in [0, 0.05) is 70.5 Å². The lowest BCUT2D eigenvalue weighted by Gasteiger charge is -2.43. The summed E-state index contributed by atoms with van der Waals surface area (Å²) < 4.78 is 17.1. The molecule has 2 aromatic rings. The Labute approximate surface area is 339 Å². The summed E-state index contributed by atoms with van der Waals surface area (Å²) >= 11 is 0. The number of benzene rings is 1. The number of amides is 3. The molecule has 14 heteroatoms. The number of hydrogen-bond acceptors (Lipinski definition) is 11. The number of carbonyl (C=O) groups is 3. The molecule has 1 aromatic carbocycles. The van der Waals surface area contributed by atoms with E-state index in [0.29, 0.717) is 67.8 Å². The first-order chi connectivity index (χ1) is 27.4. The Morgan fingerprint density at radius 3 is 2.46 bits per heavy atom. The molecule has 0 spiro atoms. The van der Waals surface area contributed by atoms with Gasteiger partial charge in [0.1, 0.15) is 23.1 Å². The Morgan fingerprint density at radius 1 is 1.05 bits per heavy atom. The van der Waals surface area contributed by atoms with Gasteiger partial charge in [0.05, 0.1) is 19.0 Å². The third-order valence-corrected chi connectivity index (χ3v) is 10.9. The monoisotopic (exact) mass is 788 g/mol. The van der Waals surface area contributed by atoms with Gasteiger partial charge in [-0.05, 0) is 96.9 Å². The zero-order valence-corrected chi connectivity index (χ0v) is 35.0. The topological polar surface area (TPSA) is 142 Å². The number of nitrogens with zero attached hydrogens (tertiary/aromatic N) is 6. The fourth-order valence-corrected chi connectivity index (χ4v) is 7.91. The molecule has 57 heavy (non-hydrogen) atoms. The van der Waals surface area contributed by atoms with Crippen LogP contribution < -0.4 is 25.2 Å². The number of piperidine rings is 1. The Kier molecular flexibility index (Phi) is 15.8. The van der Waals surface area contributed by atoms with Gasteiger partial charge in [0.2, 0.25) is 11.9 Å². The summed E-state index contributed by atoms with van der Waals surface area (Å²) in [4.78, 5) is 57.2. The second kappa shape index (κ2) is 20.7. The Morgan fingerprint density at radius 2 is 1.77 bits per heavy atom. The molecule has 312 valence electrons. The van der Waals surface area contributed by atoms with E-state index in [4.69, 9.17) is 25.6 Å². The Bertz CT molecular complexity index is 1700. The van der Waals surface area contributed by atoms with Gasteiger partial charge in [-0.3, -0.25) is 9.59 Å². The molecule has 0 bridgehead atoms. The number of anilines is 4.